The second-order valence-electron chi connectivity index (χ2n) is 7.37. The number of rotatable bonds is 7. The summed E-state index contributed by atoms with van der Waals surface area (Å²) in [4.78, 5) is 2.62. The molecule has 2 nitrogen and oxygen atoms in total. The van der Waals surface area contributed by atoms with Crippen LogP contribution in [-0.4, -0.2) is 24.5 Å². The maximum atomic E-state index is 3.53. The predicted molar refractivity (Wildman–Crippen MR) is 91.2 cm³/mol. The van der Waals surface area contributed by atoms with Gasteiger partial charge in [-0.3, -0.25) is 4.90 Å². The Morgan fingerprint density at radius 1 is 1.19 bits per heavy atom. The van der Waals surface area contributed by atoms with Crippen molar-refractivity contribution in [3.8, 4) is 0 Å². The quantitative estimate of drug-likeness (QED) is 0.818. The molecule has 118 valence electrons. The minimum absolute atomic E-state index is 0.714. The van der Waals surface area contributed by atoms with E-state index in [-0.39, 0.29) is 0 Å². The van der Waals surface area contributed by atoms with E-state index >= 15 is 0 Å². The Bertz CT molecular complexity index is 425. The molecule has 0 spiro atoms. The summed E-state index contributed by atoms with van der Waals surface area (Å²) in [7, 11) is 0. The summed E-state index contributed by atoms with van der Waals surface area (Å²) in [6.07, 6.45) is 1.37. The summed E-state index contributed by atoms with van der Waals surface area (Å²) in [6, 6.07) is 9.08. The maximum Gasteiger partial charge on any atom is 0.0233 e. The van der Waals surface area contributed by atoms with Crippen LogP contribution in [0.2, 0.25) is 0 Å². The van der Waals surface area contributed by atoms with Gasteiger partial charge in [0.05, 0.1) is 0 Å². The van der Waals surface area contributed by atoms with Crippen LogP contribution in [0.25, 0.3) is 0 Å². The fraction of sp³-hybridized carbons (Fsp3) is 0.684. The first-order valence-corrected chi connectivity index (χ1v) is 8.55. The van der Waals surface area contributed by atoms with Crippen LogP contribution in [0.5, 0.6) is 0 Å². The summed E-state index contributed by atoms with van der Waals surface area (Å²) in [6.45, 7) is 14.9. The molecule has 0 bridgehead atoms. The summed E-state index contributed by atoms with van der Waals surface area (Å²) >= 11 is 0. The van der Waals surface area contributed by atoms with Crippen LogP contribution in [-0.2, 0) is 13.1 Å². The molecule has 0 aliphatic carbocycles. The van der Waals surface area contributed by atoms with Gasteiger partial charge in [0.1, 0.15) is 0 Å². The average molecular weight is 288 g/mol. The highest BCUT2D eigenvalue weighted by Crippen LogP contribution is 2.25. The zero-order valence-electron chi connectivity index (χ0n) is 14.2. The van der Waals surface area contributed by atoms with Crippen LogP contribution in [0.3, 0.4) is 0 Å². The molecule has 1 fully saturated rings. The molecule has 1 aromatic rings. The van der Waals surface area contributed by atoms with E-state index in [2.05, 4.69) is 62.2 Å². The molecule has 1 saturated heterocycles. The van der Waals surface area contributed by atoms with E-state index in [0.29, 0.717) is 5.92 Å². The number of likely N-dealkylation sites (tertiary alicyclic amines) is 1. The van der Waals surface area contributed by atoms with Gasteiger partial charge in [-0.05, 0) is 48.4 Å². The van der Waals surface area contributed by atoms with Crippen LogP contribution in [0.1, 0.15) is 45.2 Å². The highest BCUT2D eigenvalue weighted by atomic mass is 15.1. The zero-order valence-corrected chi connectivity index (χ0v) is 14.2. The monoisotopic (exact) mass is 288 g/mol. The lowest BCUT2D eigenvalue weighted by Gasteiger charge is -2.18. The van der Waals surface area contributed by atoms with Gasteiger partial charge in [-0.25, -0.2) is 0 Å². The van der Waals surface area contributed by atoms with Crippen molar-refractivity contribution in [2.24, 2.45) is 17.8 Å². The zero-order chi connectivity index (χ0) is 15.2. The van der Waals surface area contributed by atoms with E-state index < -0.39 is 0 Å². The van der Waals surface area contributed by atoms with E-state index in [1.54, 1.807) is 0 Å². The first-order valence-electron chi connectivity index (χ1n) is 8.55. The van der Waals surface area contributed by atoms with E-state index in [1.807, 2.05) is 0 Å². The Morgan fingerprint density at radius 2 is 1.95 bits per heavy atom. The molecule has 1 aliphatic heterocycles. The molecular weight excluding hydrogens is 256 g/mol. The molecule has 21 heavy (non-hydrogen) atoms. The molecule has 0 saturated carbocycles. The highest BCUT2D eigenvalue weighted by molar-refractivity contribution is 5.23. The van der Waals surface area contributed by atoms with Crippen molar-refractivity contribution < 1.29 is 0 Å². The van der Waals surface area contributed by atoms with E-state index in [4.69, 9.17) is 0 Å². The summed E-state index contributed by atoms with van der Waals surface area (Å²) in [5, 5.41) is 3.53. The third-order valence-corrected chi connectivity index (χ3v) is 4.53. The van der Waals surface area contributed by atoms with Gasteiger partial charge in [0.15, 0.2) is 0 Å². The Hall–Kier alpha value is -0.860. The van der Waals surface area contributed by atoms with Crippen molar-refractivity contribution >= 4 is 0 Å². The number of nitrogens with zero attached hydrogens (tertiary/aromatic N) is 1. The Morgan fingerprint density at radius 3 is 2.62 bits per heavy atom. The first kappa shape index (κ1) is 16.5. The van der Waals surface area contributed by atoms with Crippen molar-refractivity contribution in [3.63, 3.8) is 0 Å². The molecule has 0 aromatic heterocycles. The van der Waals surface area contributed by atoms with Gasteiger partial charge in [-0.2, -0.15) is 0 Å². The molecule has 1 unspecified atom stereocenters. The molecular formula is C19H32N2. The predicted octanol–water partition coefficient (Wildman–Crippen LogP) is 3.91. The molecule has 1 N–H and O–H groups in total. The molecule has 2 heteroatoms. The SMILES string of the molecule is CC(C)CNCc1cccc(CN2CCC(C(C)C)C2)c1. The minimum Gasteiger partial charge on any atom is -0.312 e. The van der Waals surface area contributed by atoms with Gasteiger partial charge in [0, 0.05) is 19.6 Å². The molecule has 1 heterocycles. The number of hydrogen-bond acceptors (Lipinski definition) is 2. The van der Waals surface area contributed by atoms with Crippen LogP contribution in [0.15, 0.2) is 24.3 Å². The molecule has 1 aromatic carbocycles. The van der Waals surface area contributed by atoms with Gasteiger partial charge < -0.3 is 5.32 Å². The fourth-order valence-corrected chi connectivity index (χ4v) is 3.15. The largest absolute Gasteiger partial charge is 0.312 e. The number of hydrogen-bond donors (Lipinski definition) is 1. The standard InChI is InChI=1S/C19H32N2/c1-15(2)11-20-12-17-6-5-7-18(10-17)13-21-9-8-19(14-21)16(3)4/h5-7,10,15-16,19-20H,8-9,11-14H2,1-4H3. The normalized spacial score (nSPS) is 19.8. The summed E-state index contributed by atoms with van der Waals surface area (Å²) < 4.78 is 0. The lowest BCUT2D eigenvalue weighted by Crippen LogP contribution is -2.22. The van der Waals surface area contributed by atoms with Crippen molar-refractivity contribution in [1.82, 2.24) is 10.2 Å². The maximum absolute atomic E-state index is 3.53. The van der Waals surface area contributed by atoms with Crippen molar-refractivity contribution in [3.05, 3.63) is 35.4 Å². The molecule has 1 atom stereocenters. The Labute approximate surface area is 130 Å². The lowest BCUT2D eigenvalue weighted by atomic mass is 9.95. The lowest BCUT2D eigenvalue weighted by molar-refractivity contribution is 0.297. The second-order valence-corrected chi connectivity index (χ2v) is 7.37. The fourth-order valence-electron chi connectivity index (χ4n) is 3.15. The van der Waals surface area contributed by atoms with Crippen molar-refractivity contribution in [2.75, 3.05) is 19.6 Å². The van der Waals surface area contributed by atoms with Gasteiger partial charge in [0.2, 0.25) is 0 Å². The second kappa shape index (κ2) is 7.95. The smallest absolute Gasteiger partial charge is 0.0233 e. The summed E-state index contributed by atoms with van der Waals surface area (Å²) in [5.41, 5.74) is 2.87. The van der Waals surface area contributed by atoms with Gasteiger partial charge in [-0.1, -0.05) is 52.0 Å². The molecule has 2 rings (SSSR count). The highest BCUT2D eigenvalue weighted by Gasteiger charge is 2.24. The molecule has 0 amide bonds. The third kappa shape index (κ3) is 5.44. The van der Waals surface area contributed by atoms with Gasteiger partial charge in [-0.15, -0.1) is 0 Å². The molecule has 1 aliphatic rings. The first-order chi connectivity index (χ1) is 10.0. The van der Waals surface area contributed by atoms with E-state index in [0.717, 1.165) is 31.5 Å². The van der Waals surface area contributed by atoms with Crippen molar-refractivity contribution in [2.45, 2.75) is 47.2 Å². The van der Waals surface area contributed by atoms with Crippen LogP contribution in [0, 0.1) is 17.8 Å². The minimum atomic E-state index is 0.714. The topological polar surface area (TPSA) is 15.3 Å². The molecule has 0 radical (unpaired) electrons. The van der Waals surface area contributed by atoms with E-state index in [1.165, 1.54) is 30.6 Å². The van der Waals surface area contributed by atoms with E-state index in [9.17, 15) is 0 Å². The summed E-state index contributed by atoms with van der Waals surface area (Å²) in [5.74, 6) is 2.42. The number of benzene rings is 1. The van der Waals surface area contributed by atoms with Crippen LogP contribution in [0.4, 0.5) is 0 Å². The van der Waals surface area contributed by atoms with Crippen LogP contribution >= 0.6 is 0 Å². The Balaban J connectivity index is 1.84. The Kier molecular flexibility index (Phi) is 6.25. The number of nitrogens with one attached hydrogen (secondary N) is 1. The van der Waals surface area contributed by atoms with Crippen LogP contribution < -0.4 is 5.32 Å². The van der Waals surface area contributed by atoms with Crippen molar-refractivity contribution in [1.29, 1.82) is 0 Å². The third-order valence-electron chi connectivity index (χ3n) is 4.53. The van der Waals surface area contributed by atoms with Gasteiger partial charge >= 0.3 is 0 Å². The van der Waals surface area contributed by atoms with Gasteiger partial charge in [0.25, 0.3) is 0 Å². The average Bonchev–Trinajstić information content (AvgIpc) is 2.87.